The summed E-state index contributed by atoms with van der Waals surface area (Å²) in [6.07, 6.45) is 5.91. The van der Waals surface area contributed by atoms with Crippen LogP contribution in [0.2, 0.25) is 0 Å². The van der Waals surface area contributed by atoms with Gasteiger partial charge >= 0.3 is 0 Å². The zero-order valence-electron chi connectivity index (χ0n) is 14.9. The maximum absolute atomic E-state index is 12.8. The van der Waals surface area contributed by atoms with E-state index in [9.17, 15) is 13.2 Å². The summed E-state index contributed by atoms with van der Waals surface area (Å²) in [5.41, 5.74) is 0. The topological polar surface area (TPSA) is 60.9 Å². The summed E-state index contributed by atoms with van der Waals surface area (Å²) in [5.74, 6) is 2.01. The summed E-state index contributed by atoms with van der Waals surface area (Å²) in [7, 11) is -1.69. The van der Waals surface area contributed by atoms with Crippen molar-refractivity contribution in [2.75, 3.05) is 44.7 Å². The Morgan fingerprint density at radius 1 is 1.12 bits per heavy atom. The molecular formula is C16H31N3O3S2. The van der Waals surface area contributed by atoms with Gasteiger partial charge in [0.2, 0.25) is 5.91 Å². The quantitative estimate of drug-likeness (QED) is 0.635. The fourth-order valence-corrected chi connectivity index (χ4v) is 5.63. The lowest BCUT2D eigenvalue weighted by atomic mass is 9.96. The molecule has 0 unspecified atom stereocenters. The molecule has 1 saturated carbocycles. The Labute approximate surface area is 151 Å². The molecule has 140 valence electrons. The minimum Gasteiger partial charge on any atom is -0.340 e. The van der Waals surface area contributed by atoms with Gasteiger partial charge in [0.25, 0.3) is 10.2 Å². The Morgan fingerprint density at radius 3 is 2.33 bits per heavy atom. The van der Waals surface area contributed by atoms with Gasteiger partial charge in [0.05, 0.1) is 0 Å². The van der Waals surface area contributed by atoms with Crippen molar-refractivity contribution < 1.29 is 13.2 Å². The van der Waals surface area contributed by atoms with Crippen molar-refractivity contribution in [2.24, 2.45) is 0 Å². The first kappa shape index (κ1) is 20.0. The van der Waals surface area contributed by atoms with Gasteiger partial charge in [-0.1, -0.05) is 26.2 Å². The molecule has 0 N–H and O–H groups in total. The summed E-state index contributed by atoms with van der Waals surface area (Å²) in [6.45, 7) is 3.92. The monoisotopic (exact) mass is 377 g/mol. The Kier molecular flexibility index (Phi) is 7.84. The smallest absolute Gasteiger partial charge is 0.282 e. The van der Waals surface area contributed by atoms with E-state index in [1.165, 1.54) is 6.42 Å². The minimum atomic E-state index is -3.41. The van der Waals surface area contributed by atoms with Gasteiger partial charge in [-0.3, -0.25) is 4.79 Å². The molecule has 0 bridgehead atoms. The summed E-state index contributed by atoms with van der Waals surface area (Å²) in [6, 6.07) is 0.134. The van der Waals surface area contributed by atoms with Crippen LogP contribution in [0.1, 0.15) is 45.4 Å². The molecule has 1 amide bonds. The number of nitrogens with zero attached hydrogens (tertiary/aromatic N) is 3. The lowest BCUT2D eigenvalue weighted by Gasteiger charge is -2.38. The van der Waals surface area contributed by atoms with E-state index in [0.29, 0.717) is 32.6 Å². The third-order valence-corrected chi connectivity index (χ3v) is 7.98. The lowest BCUT2D eigenvalue weighted by Crippen LogP contribution is -2.55. The predicted molar refractivity (Wildman–Crippen MR) is 99.3 cm³/mol. The molecule has 0 aromatic rings. The Balaban J connectivity index is 1.84. The molecule has 8 heteroatoms. The van der Waals surface area contributed by atoms with Gasteiger partial charge in [0.15, 0.2) is 0 Å². The SMILES string of the molecule is CCSCCC(=O)N1CCN(S(=O)(=O)N(C)C2CCCCC2)CC1. The van der Waals surface area contributed by atoms with E-state index >= 15 is 0 Å². The van der Waals surface area contributed by atoms with Crippen LogP contribution in [-0.2, 0) is 15.0 Å². The number of carbonyl (C=O) groups is 1. The second kappa shape index (κ2) is 9.40. The molecule has 0 spiro atoms. The second-order valence-electron chi connectivity index (χ2n) is 6.54. The zero-order valence-corrected chi connectivity index (χ0v) is 16.6. The fourth-order valence-electron chi connectivity index (χ4n) is 3.45. The molecule has 2 aliphatic rings. The zero-order chi connectivity index (χ0) is 17.6. The van der Waals surface area contributed by atoms with Gasteiger partial charge in [0.1, 0.15) is 0 Å². The summed E-state index contributed by atoms with van der Waals surface area (Å²) < 4.78 is 28.8. The van der Waals surface area contributed by atoms with Crippen LogP contribution in [0.3, 0.4) is 0 Å². The highest BCUT2D eigenvalue weighted by Crippen LogP contribution is 2.25. The van der Waals surface area contributed by atoms with E-state index in [1.807, 2.05) is 4.90 Å². The molecule has 1 aliphatic carbocycles. The summed E-state index contributed by atoms with van der Waals surface area (Å²) in [4.78, 5) is 14.0. The second-order valence-corrected chi connectivity index (χ2v) is 9.92. The van der Waals surface area contributed by atoms with Gasteiger partial charge < -0.3 is 4.90 Å². The van der Waals surface area contributed by atoms with Crippen molar-refractivity contribution in [2.45, 2.75) is 51.5 Å². The molecule has 0 radical (unpaired) electrons. The maximum Gasteiger partial charge on any atom is 0.282 e. The molecule has 0 aromatic carbocycles. The average Bonchev–Trinajstić information content (AvgIpc) is 2.62. The summed E-state index contributed by atoms with van der Waals surface area (Å²) >= 11 is 1.76. The van der Waals surface area contributed by atoms with Crippen LogP contribution < -0.4 is 0 Å². The van der Waals surface area contributed by atoms with Crippen LogP contribution in [0, 0.1) is 0 Å². The fraction of sp³-hybridized carbons (Fsp3) is 0.938. The molecule has 1 saturated heterocycles. The predicted octanol–water partition coefficient (Wildman–Crippen LogP) is 1.78. The Morgan fingerprint density at radius 2 is 1.75 bits per heavy atom. The molecule has 1 heterocycles. The largest absolute Gasteiger partial charge is 0.340 e. The van der Waals surface area contributed by atoms with Crippen LogP contribution in [-0.4, -0.2) is 78.6 Å². The number of piperazine rings is 1. The standard InChI is InChI=1S/C16H31N3O3S2/c1-3-23-14-9-16(20)18-10-12-19(13-11-18)24(21,22)17(2)15-7-5-4-6-8-15/h15H,3-14H2,1-2H3. The van der Waals surface area contributed by atoms with Gasteiger partial charge in [-0.15, -0.1) is 0 Å². The molecule has 0 aromatic heterocycles. The van der Waals surface area contributed by atoms with Gasteiger partial charge in [-0.2, -0.15) is 28.8 Å². The van der Waals surface area contributed by atoms with Crippen molar-refractivity contribution in [3.05, 3.63) is 0 Å². The van der Waals surface area contributed by atoms with Crippen molar-refractivity contribution >= 4 is 27.9 Å². The van der Waals surface area contributed by atoms with Crippen LogP contribution in [0.4, 0.5) is 0 Å². The van der Waals surface area contributed by atoms with E-state index in [0.717, 1.165) is 37.2 Å². The normalized spacial score (nSPS) is 21.4. The van der Waals surface area contributed by atoms with Crippen molar-refractivity contribution in [1.29, 1.82) is 0 Å². The first-order chi connectivity index (χ1) is 11.5. The third-order valence-electron chi connectivity index (χ3n) is 5.03. The highest BCUT2D eigenvalue weighted by molar-refractivity contribution is 7.99. The Hall–Kier alpha value is -0.310. The van der Waals surface area contributed by atoms with E-state index < -0.39 is 10.2 Å². The minimum absolute atomic E-state index is 0.134. The van der Waals surface area contributed by atoms with Crippen LogP contribution in [0.15, 0.2) is 0 Å². The molecule has 1 aliphatic heterocycles. The van der Waals surface area contributed by atoms with Crippen molar-refractivity contribution in [3.8, 4) is 0 Å². The van der Waals surface area contributed by atoms with Gasteiger partial charge in [0, 0.05) is 51.4 Å². The van der Waals surface area contributed by atoms with Crippen molar-refractivity contribution in [3.63, 3.8) is 0 Å². The molecule has 0 atom stereocenters. The van der Waals surface area contributed by atoms with E-state index in [-0.39, 0.29) is 11.9 Å². The van der Waals surface area contributed by atoms with Crippen LogP contribution >= 0.6 is 11.8 Å². The highest BCUT2D eigenvalue weighted by atomic mass is 32.2. The maximum atomic E-state index is 12.8. The molecule has 2 rings (SSSR count). The highest BCUT2D eigenvalue weighted by Gasteiger charge is 2.35. The summed E-state index contributed by atoms with van der Waals surface area (Å²) in [5, 5.41) is 0. The average molecular weight is 378 g/mol. The molecule has 6 nitrogen and oxygen atoms in total. The molecule has 24 heavy (non-hydrogen) atoms. The number of carbonyl (C=O) groups excluding carboxylic acids is 1. The van der Waals surface area contributed by atoms with Gasteiger partial charge in [-0.25, -0.2) is 0 Å². The molecular weight excluding hydrogens is 346 g/mol. The first-order valence-corrected chi connectivity index (χ1v) is 11.6. The third kappa shape index (κ3) is 5.09. The Bertz CT molecular complexity index is 499. The van der Waals surface area contributed by atoms with Crippen LogP contribution in [0.25, 0.3) is 0 Å². The van der Waals surface area contributed by atoms with E-state index in [1.54, 1.807) is 27.4 Å². The number of rotatable bonds is 7. The first-order valence-electron chi connectivity index (χ1n) is 9.05. The number of thioether (sulfide) groups is 1. The van der Waals surface area contributed by atoms with Gasteiger partial charge in [-0.05, 0) is 18.6 Å². The van der Waals surface area contributed by atoms with Crippen molar-refractivity contribution in [1.82, 2.24) is 13.5 Å². The number of hydrogen-bond donors (Lipinski definition) is 0. The lowest BCUT2D eigenvalue weighted by molar-refractivity contribution is -0.131. The van der Waals surface area contributed by atoms with E-state index in [4.69, 9.17) is 0 Å². The van der Waals surface area contributed by atoms with Crippen LogP contribution in [0.5, 0.6) is 0 Å². The molecule has 2 fully saturated rings. The number of amides is 1. The number of hydrogen-bond acceptors (Lipinski definition) is 4. The van der Waals surface area contributed by atoms with E-state index in [2.05, 4.69) is 6.92 Å².